The number of phenolic OH excluding ortho intramolecular Hbond substituents is 1. The van der Waals surface area contributed by atoms with Gasteiger partial charge in [0.05, 0.1) is 5.56 Å². The van der Waals surface area contributed by atoms with Crippen molar-refractivity contribution in [3.8, 4) is 5.75 Å². The normalized spacial score (nSPS) is 10.2. The number of aromatic hydroxyl groups is 1. The first-order valence-corrected chi connectivity index (χ1v) is 6.17. The molecule has 0 aliphatic carbocycles. The van der Waals surface area contributed by atoms with Crippen molar-refractivity contribution >= 4 is 11.6 Å². The number of nitrogen functional groups attached to an aromatic ring is 1. The van der Waals surface area contributed by atoms with E-state index in [0.717, 1.165) is 11.6 Å². The number of anilines is 1. The van der Waals surface area contributed by atoms with Crippen LogP contribution in [0.15, 0.2) is 42.5 Å². The van der Waals surface area contributed by atoms with Crippen LogP contribution >= 0.6 is 0 Å². The third kappa shape index (κ3) is 3.47. The van der Waals surface area contributed by atoms with Gasteiger partial charge < -0.3 is 16.2 Å². The Morgan fingerprint density at radius 1 is 1.20 bits per heavy atom. The van der Waals surface area contributed by atoms with Crippen molar-refractivity contribution in [3.05, 3.63) is 59.4 Å². The predicted molar refractivity (Wildman–Crippen MR) is 75.0 cm³/mol. The standard InChI is InChI=1S/C15H15FN2O2/c16-14-9-12(19)5-6-13(14)15(20)18-8-7-10-1-3-11(17)4-2-10/h1-6,9,19H,7-8,17H2,(H,18,20). The van der Waals surface area contributed by atoms with Crippen LogP contribution in [0.5, 0.6) is 5.75 Å². The van der Waals surface area contributed by atoms with Crippen molar-refractivity contribution in [2.45, 2.75) is 6.42 Å². The van der Waals surface area contributed by atoms with E-state index in [4.69, 9.17) is 10.8 Å². The lowest BCUT2D eigenvalue weighted by molar-refractivity contribution is 0.0950. The number of carbonyl (C=O) groups excluding carboxylic acids is 1. The van der Waals surface area contributed by atoms with Crippen LogP contribution in [-0.4, -0.2) is 17.6 Å². The summed E-state index contributed by atoms with van der Waals surface area (Å²) in [5, 5.41) is 11.7. The lowest BCUT2D eigenvalue weighted by Crippen LogP contribution is -2.26. The van der Waals surface area contributed by atoms with E-state index in [2.05, 4.69) is 5.32 Å². The molecule has 0 saturated carbocycles. The van der Waals surface area contributed by atoms with Crippen molar-refractivity contribution in [1.82, 2.24) is 5.32 Å². The van der Waals surface area contributed by atoms with Gasteiger partial charge in [-0.3, -0.25) is 4.79 Å². The second kappa shape index (κ2) is 6.06. The first kappa shape index (κ1) is 13.9. The highest BCUT2D eigenvalue weighted by Gasteiger charge is 2.11. The van der Waals surface area contributed by atoms with E-state index >= 15 is 0 Å². The number of amides is 1. The summed E-state index contributed by atoms with van der Waals surface area (Å²) < 4.78 is 13.5. The molecular formula is C15H15FN2O2. The third-order valence-corrected chi connectivity index (χ3v) is 2.88. The zero-order valence-electron chi connectivity index (χ0n) is 10.8. The molecular weight excluding hydrogens is 259 g/mol. The fraction of sp³-hybridized carbons (Fsp3) is 0.133. The molecule has 0 spiro atoms. The molecule has 1 amide bonds. The maximum Gasteiger partial charge on any atom is 0.254 e. The summed E-state index contributed by atoms with van der Waals surface area (Å²) in [5.74, 6) is -1.45. The molecule has 0 saturated heterocycles. The number of benzene rings is 2. The molecule has 0 fully saturated rings. The van der Waals surface area contributed by atoms with E-state index < -0.39 is 11.7 Å². The van der Waals surface area contributed by atoms with Gasteiger partial charge in [0.2, 0.25) is 0 Å². The van der Waals surface area contributed by atoms with Gasteiger partial charge in [0.15, 0.2) is 0 Å². The smallest absolute Gasteiger partial charge is 0.254 e. The average Bonchev–Trinajstić information content (AvgIpc) is 2.41. The Morgan fingerprint density at radius 2 is 1.90 bits per heavy atom. The van der Waals surface area contributed by atoms with Crippen molar-refractivity contribution in [1.29, 1.82) is 0 Å². The van der Waals surface area contributed by atoms with E-state index in [1.165, 1.54) is 12.1 Å². The second-order valence-electron chi connectivity index (χ2n) is 4.41. The maximum absolute atomic E-state index is 13.5. The van der Waals surface area contributed by atoms with Gasteiger partial charge in [-0.1, -0.05) is 12.1 Å². The molecule has 2 aromatic carbocycles. The number of carbonyl (C=O) groups is 1. The molecule has 0 aliphatic rings. The lowest BCUT2D eigenvalue weighted by atomic mass is 10.1. The van der Waals surface area contributed by atoms with Crippen LogP contribution in [0.2, 0.25) is 0 Å². The largest absolute Gasteiger partial charge is 0.508 e. The maximum atomic E-state index is 13.5. The molecule has 0 aromatic heterocycles. The summed E-state index contributed by atoms with van der Waals surface area (Å²) in [7, 11) is 0. The van der Waals surface area contributed by atoms with E-state index in [9.17, 15) is 9.18 Å². The minimum Gasteiger partial charge on any atom is -0.508 e. The highest BCUT2D eigenvalue weighted by molar-refractivity contribution is 5.94. The van der Waals surface area contributed by atoms with Crippen LogP contribution in [0.3, 0.4) is 0 Å². The Balaban J connectivity index is 1.90. The molecule has 4 nitrogen and oxygen atoms in total. The highest BCUT2D eigenvalue weighted by Crippen LogP contribution is 2.14. The topological polar surface area (TPSA) is 75.3 Å². The SMILES string of the molecule is Nc1ccc(CCNC(=O)c2ccc(O)cc2F)cc1. The number of phenols is 1. The Morgan fingerprint density at radius 3 is 2.55 bits per heavy atom. The number of rotatable bonds is 4. The molecule has 0 heterocycles. The molecule has 2 aromatic rings. The second-order valence-corrected chi connectivity index (χ2v) is 4.41. The molecule has 0 bridgehead atoms. The summed E-state index contributed by atoms with van der Waals surface area (Å²) >= 11 is 0. The Labute approximate surface area is 116 Å². The van der Waals surface area contributed by atoms with Gasteiger partial charge in [0, 0.05) is 18.3 Å². The number of nitrogens with one attached hydrogen (secondary N) is 1. The average molecular weight is 274 g/mol. The molecule has 5 heteroatoms. The highest BCUT2D eigenvalue weighted by atomic mass is 19.1. The van der Waals surface area contributed by atoms with Gasteiger partial charge in [0.1, 0.15) is 11.6 Å². The van der Waals surface area contributed by atoms with Crippen molar-refractivity contribution in [2.24, 2.45) is 0 Å². The fourth-order valence-electron chi connectivity index (χ4n) is 1.79. The zero-order chi connectivity index (χ0) is 14.5. The summed E-state index contributed by atoms with van der Waals surface area (Å²) in [5.41, 5.74) is 7.21. The summed E-state index contributed by atoms with van der Waals surface area (Å²) in [4.78, 5) is 11.8. The van der Waals surface area contributed by atoms with Gasteiger partial charge in [0.25, 0.3) is 5.91 Å². The lowest BCUT2D eigenvalue weighted by Gasteiger charge is -2.07. The van der Waals surface area contributed by atoms with Crippen molar-refractivity contribution in [2.75, 3.05) is 12.3 Å². The van der Waals surface area contributed by atoms with Crippen molar-refractivity contribution < 1.29 is 14.3 Å². The monoisotopic (exact) mass is 274 g/mol. The zero-order valence-corrected chi connectivity index (χ0v) is 10.8. The van der Waals surface area contributed by atoms with Crippen LogP contribution in [-0.2, 0) is 6.42 Å². The van der Waals surface area contributed by atoms with Gasteiger partial charge in [-0.05, 0) is 36.2 Å². The van der Waals surface area contributed by atoms with Crippen LogP contribution < -0.4 is 11.1 Å². The summed E-state index contributed by atoms with van der Waals surface area (Å²) in [6.45, 7) is 0.392. The fourth-order valence-corrected chi connectivity index (χ4v) is 1.79. The number of nitrogens with two attached hydrogens (primary N) is 1. The molecule has 0 radical (unpaired) electrons. The summed E-state index contributed by atoms with van der Waals surface area (Å²) in [6, 6.07) is 10.8. The number of hydrogen-bond donors (Lipinski definition) is 3. The Bertz CT molecular complexity index is 612. The summed E-state index contributed by atoms with van der Waals surface area (Å²) in [6.07, 6.45) is 0.631. The van der Waals surface area contributed by atoms with Crippen LogP contribution in [0.4, 0.5) is 10.1 Å². The minimum atomic E-state index is -0.741. The van der Waals surface area contributed by atoms with E-state index in [1.807, 2.05) is 12.1 Å². The van der Waals surface area contributed by atoms with Gasteiger partial charge in [-0.15, -0.1) is 0 Å². The minimum absolute atomic E-state index is 0.0832. The predicted octanol–water partition coefficient (Wildman–Crippen LogP) is 2.09. The molecule has 0 atom stereocenters. The Kier molecular flexibility index (Phi) is 4.20. The van der Waals surface area contributed by atoms with E-state index in [-0.39, 0.29) is 11.3 Å². The molecule has 0 unspecified atom stereocenters. The third-order valence-electron chi connectivity index (χ3n) is 2.88. The van der Waals surface area contributed by atoms with Gasteiger partial charge in [-0.25, -0.2) is 4.39 Å². The molecule has 20 heavy (non-hydrogen) atoms. The Hall–Kier alpha value is -2.56. The quantitative estimate of drug-likeness (QED) is 0.747. The molecule has 0 aliphatic heterocycles. The molecule has 104 valence electrons. The first-order valence-electron chi connectivity index (χ1n) is 6.17. The van der Waals surface area contributed by atoms with Crippen molar-refractivity contribution in [3.63, 3.8) is 0 Å². The van der Waals surface area contributed by atoms with Gasteiger partial charge >= 0.3 is 0 Å². The molecule has 2 rings (SSSR count). The van der Waals surface area contributed by atoms with E-state index in [0.29, 0.717) is 18.7 Å². The van der Waals surface area contributed by atoms with Crippen LogP contribution in [0.25, 0.3) is 0 Å². The molecule has 4 N–H and O–H groups in total. The first-order chi connectivity index (χ1) is 9.56. The van der Waals surface area contributed by atoms with Gasteiger partial charge in [-0.2, -0.15) is 0 Å². The number of hydrogen-bond acceptors (Lipinski definition) is 3. The van der Waals surface area contributed by atoms with Crippen LogP contribution in [0.1, 0.15) is 15.9 Å². The number of halogens is 1. The van der Waals surface area contributed by atoms with E-state index in [1.54, 1.807) is 12.1 Å². The van der Waals surface area contributed by atoms with Crippen LogP contribution in [0, 0.1) is 5.82 Å².